The predicted molar refractivity (Wildman–Crippen MR) is 59.1 cm³/mol. The molecule has 0 aromatic heterocycles. The average molecular weight is 328 g/mol. The number of aliphatic carboxylic acids is 1. The number of carbonyl (C=O) groups is 2. The number of rotatable bonds is 3. The standard InChI is InChI=1S/C9H8INO3.Na/c10-7-4-2-1-3-6(7)9(14)11-5-8(12)13;/h1-4H,5H2,(H,11,14)(H,12,13);/q;+1. The molecule has 0 unspecified atom stereocenters. The van der Waals surface area contributed by atoms with Crippen molar-refractivity contribution in [2.24, 2.45) is 0 Å². The molecule has 1 aromatic rings. The van der Waals surface area contributed by atoms with Gasteiger partial charge in [0.05, 0.1) is 5.56 Å². The second kappa shape index (κ2) is 7.21. The van der Waals surface area contributed by atoms with Crippen LogP contribution in [0.25, 0.3) is 0 Å². The molecule has 0 aliphatic carbocycles. The van der Waals surface area contributed by atoms with Crippen molar-refractivity contribution in [3.8, 4) is 0 Å². The van der Waals surface area contributed by atoms with Gasteiger partial charge in [0.1, 0.15) is 6.54 Å². The van der Waals surface area contributed by atoms with Gasteiger partial charge in [-0.2, -0.15) is 0 Å². The summed E-state index contributed by atoms with van der Waals surface area (Å²) in [7, 11) is 0. The van der Waals surface area contributed by atoms with Crippen LogP contribution in [-0.2, 0) is 4.79 Å². The Hall–Kier alpha value is -0.110. The van der Waals surface area contributed by atoms with E-state index in [4.69, 9.17) is 5.11 Å². The van der Waals surface area contributed by atoms with E-state index < -0.39 is 5.97 Å². The van der Waals surface area contributed by atoms with Crippen LogP contribution < -0.4 is 34.9 Å². The molecule has 0 radical (unpaired) electrons. The summed E-state index contributed by atoms with van der Waals surface area (Å²) in [5.41, 5.74) is 0.495. The van der Waals surface area contributed by atoms with Gasteiger partial charge in [-0.25, -0.2) is 0 Å². The van der Waals surface area contributed by atoms with Crippen molar-refractivity contribution < 1.29 is 44.3 Å². The van der Waals surface area contributed by atoms with Gasteiger partial charge in [-0.1, -0.05) is 12.1 Å². The summed E-state index contributed by atoms with van der Waals surface area (Å²) < 4.78 is 0.799. The fourth-order valence-corrected chi connectivity index (χ4v) is 1.53. The molecule has 4 nitrogen and oxygen atoms in total. The molecule has 0 saturated heterocycles. The molecule has 0 spiro atoms. The maximum absolute atomic E-state index is 11.4. The topological polar surface area (TPSA) is 66.4 Å². The van der Waals surface area contributed by atoms with Crippen molar-refractivity contribution >= 4 is 34.5 Å². The van der Waals surface area contributed by atoms with E-state index in [0.29, 0.717) is 5.56 Å². The van der Waals surface area contributed by atoms with Crippen LogP contribution in [0.15, 0.2) is 24.3 Å². The van der Waals surface area contributed by atoms with E-state index in [1.54, 1.807) is 18.2 Å². The van der Waals surface area contributed by atoms with Gasteiger partial charge >= 0.3 is 35.5 Å². The van der Waals surface area contributed by atoms with E-state index in [0.717, 1.165) is 3.57 Å². The molecular weight excluding hydrogens is 320 g/mol. The number of hydrogen-bond acceptors (Lipinski definition) is 2. The second-order valence-corrected chi connectivity index (χ2v) is 3.72. The van der Waals surface area contributed by atoms with Crippen molar-refractivity contribution in [1.82, 2.24) is 5.32 Å². The van der Waals surface area contributed by atoms with E-state index in [9.17, 15) is 9.59 Å². The van der Waals surface area contributed by atoms with Gasteiger partial charge in [0.25, 0.3) is 5.91 Å². The number of carboxylic acid groups (broad SMARTS) is 1. The van der Waals surface area contributed by atoms with Crippen molar-refractivity contribution in [3.05, 3.63) is 33.4 Å². The molecule has 0 heterocycles. The zero-order valence-electron chi connectivity index (χ0n) is 8.16. The van der Waals surface area contributed by atoms with Crippen molar-refractivity contribution in [2.75, 3.05) is 6.54 Å². The molecule has 2 N–H and O–H groups in total. The molecule has 0 saturated carbocycles. The maximum Gasteiger partial charge on any atom is 1.00 e. The van der Waals surface area contributed by atoms with Crippen molar-refractivity contribution in [2.45, 2.75) is 0 Å². The van der Waals surface area contributed by atoms with Crippen LogP contribution in [0.3, 0.4) is 0 Å². The summed E-state index contributed by atoms with van der Waals surface area (Å²) in [6.07, 6.45) is 0. The first-order chi connectivity index (χ1) is 6.61. The van der Waals surface area contributed by atoms with Crippen LogP contribution in [0.1, 0.15) is 10.4 Å². The Morgan fingerprint density at radius 3 is 2.47 bits per heavy atom. The van der Waals surface area contributed by atoms with Crippen molar-refractivity contribution in [3.63, 3.8) is 0 Å². The van der Waals surface area contributed by atoms with Gasteiger partial charge in [0.15, 0.2) is 0 Å². The molecule has 0 fully saturated rings. The SMILES string of the molecule is O=C(O)CNC(=O)c1ccccc1I.[Na+]. The molecular formula is C9H8INNaO3+. The second-order valence-electron chi connectivity index (χ2n) is 2.56. The summed E-state index contributed by atoms with van der Waals surface area (Å²) in [5, 5.41) is 10.7. The first-order valence-electron chi connectivity index (χ1n) is 3.86. The summed E-state index contributed by atoms with van der Waals surface area (Å²) in [6.45, 7) is -0.357. The van der Waals surface area contributed by atoms with Gasteiger partial charge in [-0.15, -0.1) is 0 Å². The van der Waals surface area contributed by atoms with E-state index in [-0.39, 0.29) is 42.0 Å². The summed E-state index contributed by atoms with van der Waals surface area (Å²) in [5.74, 6) is -1.42. The zero-order chi connectivity index (χ0) is 10.6. The minimum absolute atomic E-state index is 0. The summed E-state index contributed by atoms with van der Waals surface area (Å²) >= 11 is 2.02. The van der Waals surface area contributed by atoms with Crippen molar-refractivity contribution in [1.29, 1.82) is 0 Å². The first-order valence-corrected chi connectivity index (χ1v) is 4.93. The average Bonchev–Trinajstić information content (AvgIpc) is 2.15. The Labute approximate surface area is 123 Å². The van der Waals surface area contributed by atoms with Crippen LogP contribution in [0, 0.1) is 3.57 Å². The largest absolute Gasteiger partial charge is 1.00 e. The fourth-order valence-electron chi connectivity index (χ4n) is 0.896. The smallest absolute Gasteiger partial charge is 0.480 e. The minimum atomic E-state index is -1.05. The zero-order valence-corrected chi connectivity index (χ0v) is 12.3. The molecule has 1 aromatic carbocycles. The van der Waals surface area contributed by atoms with Crippen LogP contribution in [0.2, 0.25) is 0 Å². The minimum Gasteiger partial charge on any atom is -0.480 e. The van der Waals surface area contributed by atoms with Gasteiger partial charge in [0.2, 0.25) is 0 Å². The third kappa shape index (κ3) is 4.96. The van der Waals surface area contributed by atoms with E-state index in [1.165, 1.54) is 0 Å². The number of carboxylic acids is 1. The molecule has 0 aliphatic rings. The normalized spacial score (nSPS) is 8.87. The Bertz CT molecular complexity index is 370. The summed E-state index contributed by atoms with van der Waals surface area (Å²) in [4.78, 5) is 21.6. The number of carbonyl (C=O) groups excluding carboxylic acids is 1. The van der Waals surface area contributed by atoms with Gasteiger partial charge in [-0.3, -0.25) is 9.59 Å². The number of hydrogen-bond donors (Lipinski definition) is 2. The number of nitrogens with one attached hydrogen (secondary N) is 1. The van der Waals surface area contributed by atoms with Gasteiger partial charge in [-0.05, 0) is 34.7 Å². The monoisotopic (exact) mass is 328 g/mol. The van der Waals surface area contributed by atoms with Crippen LogP contribution in [0.4, 0.5) is 0 Å². The molecule has 1 rings (SSSR count). The van der Waals surface area contributed by atoms with Gasteiger partial charge in [0, 0.05) is 3.57 Å². The van der Waals surface area contributed by atoms with E-state index >= 15 is 0 Å². The predicted octanol–water partition coefficient (Wildman–Crippen LogP) is -1.89. The first kappa shape index (κ1) is 14.9. The fraction of sp³-hybridized carbons (Fsp3) is 0.111. The summed E-state index contributed by atoms with van der Waals surface area (Å²) in [6, 6.07) is 6.99. The van der Waals surface area contributed by atoms with Crippen LogP contribution >= 0.6 is 22.6 Å². The Morgan fingerprint density at radius 2 is 1.93 bits per heavy atom. The Balaban J connectivity index is 0.00000196. The van der Waals surface area contributed by atoms with E-state index in [2.05, 4.69) is 5.32 Å². The molecule has 0 aliphatic heterocycles. The van der Waals surface area contributed by atoms with Crippen LogP contribution in [0.5, 0.6) is 0 Å². The van der Waals surface area contributed by atoms with Crippen LogP contribution in [-0.4, -0.2) is 23.5 Å². The molecule has 74 valence electrons. The number of benzene rings is 1. The molecule has 0 atom stereocenters. The number of halogens is 1. The third-order valence-electron chi connectivity index (χ3n) is 1.52. The quantitative estimate of drug-likeness (QED) is 0.504. The van der Waals surface area contributed by atoms with E-state index in [1.807, 2.05) is 28.7 Å². The Kier molecular flexibility index (Phi) is 7.16. The maximum atomic E-state index is 11.4. The Morgan fingerprint density at radius 1 is 1.33 bits per heavy atom. The number of amides is 1. The van der Waals surface area contributed by atoms with Gasteiger partial charge < -0.3 is 10.4 Å². The molecule has 0 bridgehead atoms. The third-order valence-corrected chi connectivity index (χ3v) is 2.46. The molecule has 1 amide bonds. The molecule has 15 heavy (non-hydrogen) atoms. The molecule has 6 heteroatoms.